The van der Waals surface area contributed by atoms with Crippen LogP contribution in [0.1, 0.15) is 20.3 Å². The van der Waals surface area contributed by atoms with Crippen LogP contribution in [0.5, 0.6) is 0 Å². The highest BCUT2D eigenvalue weighted by atomic mass is 19.1. The minimum Gasteiger partial charge on any atom is -0.386 e. The van der Waals surface area contributed by atoms with E-state index in [1.165, 1.54) is 6.08 Å². The Labute approximate surface area is 83.5 Å². The van der Waals surface area contributed by atoms with Gasteiger partial charge in [0.2, 0.25) is 0 Å². The molecule has 14 heavy (non-hydrogen) atoms. The number of aliphatic hydroxyl groups excluding tert-OH is 1. The molecular formula is C10H17FO3. The Balaban J connectivity index is 2.45. The second kappa shape index (κ2) is 5.44. The van der Waals surface area contributed by atoms with Crippen LogP contribution >= 0.6 is 0 Å². The highest BCUT2D eigenvalue weighted by Crippen LogP contribution is 2.27. The van der Waals surface area contributed by atoms with E-state index in [1.807, 2.05) is 13.8 Å². The van der Waals surface area contributed by atoms with E-state index in [0.717, 1.165) is 5.57 Å². The lowest BCUT2D eigenvalue weighted by Gasteiger charge is -2.18. The van der Waals surface area contributed by atoms with E-state index < -0.39 is 18.4 Å². The summed E-state index contributed by atoms with van der Waals surface area (Å²) >= 11 is 0. The first-order valence-corrected chi connectivity index (χ1v) is 4.92. The third-order valence-corrected chi connectivity index (χ3v) is 2.31. The van der Waals surface area contributed by atoms with Crippen molar-refractivity contribution in [2.45, 2.75) is 38.6 Å². The van der Waals surface area contributed by atoms with E-state index in [1.54, 1.807) is 0 Å². The topological polar surface area (TPSA) is 38.7 Å². The van der Waals surface area contributed by atoms with Gasteiger partial charge in [0.15, 0.2) is 6.17 Å². The van der Waals surface area contributed by atoms with Gasteiger partial charge in [-0.25, -0.2) is 4.39 Å². The van der Waals surface area contributed by atoms with Crippen molar-refractivity contribution in [1.29, 1.82) is 0 Å². The zero-order chi connectivity index (χ0) is 10.6. The fourth-order valence-corrected chi connectivity index (χ4v) is 1.51. The summed E-state index contributed by atoms with van der Waals surface area (Å²) in [7, 11) is 0. The number of halogens is 1. The number of hydrogen-bond acceptors (Lipinski definition) is 3. The van der Waals surface area contributed by atoms with Crippen LogP contribution in [0.3, 0.4) is 0 Å². The van der Waals surface area contributed by atoms with Gasteiger partial charge in [0.05, 0.1) is 0 Å². The summed E-state index contributed by atoms with van der Waals surface area (Å²) in [4.78, 5) is 0. The van der Waals surface area contributed by atoms with Crippen LogP contribution < -0.4 is 0 Å². The van der Waals surface area contributed by atoms with Crippen molar-refractivity contribution in [2.24, 2.45) is 0 Å². The summed E-state index contributed by atoms with van der Waals surface area (Å²) in [6, 6.07) is 0. The fraction of sp³-hybridized carbons (Fsp3) is 0.800. The Morgan fingerprint density at radius 2 is 2.21 bits per heavy atom. The van der Waals surface area contributed by atoms with Gasteiger partial charge in [-0.05, 0) is 18.9 Å². The molecule has 1 N–H and O–H groups in total. The van der Waals surface area contributed by atoms with Crippen molar-refractivity contribution in [1.82, 2.24) is 0 Å². The maximum atomic E-state index is 13.4. The summed E-state index contributed by atoms with van der Waals surface area (Å²) in [5.74, 6) is 0. The number of ether oxygens (including phenoxy) is 2. The SMILES string of the molecule is CCOCO[C@H]1C(CC)=C[C@@H](O)C1F. The molecule has 0 saturated heterocycles. The Morgan fingerprint density at radius 1 is 1.50 bits per heavy atom. The van der Waals surface area contributed by atoms with E-state index in [-0.39, 0.29) is 6.79 Å². The second-order valence-corrected chi connectivity index (χ2v) is 3.23. The van der Waals surface area contributed by atoms with Crippen molar-refractivity contribution in [3.05, 3.63) is 11.6 Å². The lowest BCUT2D eigenvalue weighted by molar-refractivity contribution is -0.101. The molecule has 4 heteroatoms. The molecule has 0 aromatic rings. The number of aliphatic hydroxyl groups is 1. The summed E-state index contributed by atoms with van der Waals surface area (Å²) in [5, 5.41) is 9.25. The van der Waals surface area contributed by atoms with Gasteiger partial charge >= 0.3 is 0 Å². The molecular weight excluding hydrogens is 187 g/mol. The number of hydrogen-bond donors (Lipinski definition) is 1. The lowest BCUT2D eigenvalue weighted by Crippen LogP contribution is -2.30. The highest BCUT2D eigenvalue weighted by Gasteiger charge is 2.36. The molecule has 0 radical (unpaired) electrons. The summed E-state index contributed by atoms with van der Waals surface area (Å²) in [6.07, 6.45) is -0.807. The predicted molar refractivity (Wildman–Crippen MR) is 50.6 cm³/mol. The zero-order valence-electron chi connectivity index (χ0n) is 8.57. The molecule has 0 aliphatic heterocycles. The molecule has 3 atom stereocenters. The Bertz CT molecular complexity index is 206. The quantitative estimate of drug-likeness (QED) is 0.418. The highest BCUT2D eigenvalue weighted by molar-refractivity contribution is 5.22. The molecule has 1 aliphatic carbocycles. The number of rotatable bonds is 5. The van der Waals surface area contributed by atoms with E-state index in [2.05, 4.69) is 0 Å². The minimum atomic E-state index is -1.36. The van der Waals surface area contributed by atoms with Crippen molar-refractivity contribution in [3.8, 4) is 0 Å². The predicted octanol–water partition coefficient (Wildman–Crippen LogP) is 1.41. The van der Waals surface area contributed by atoms with Gasteiger partial charge < -0.3 is 14.6 Å². The van der Waals surface area contributed by atoms with Gasteiger partial charge in [-0.1, -0.05) is 13.0 Å². The Hall–Kier alpha value is -0.450. The molecule has 0 aromatic heterocycles. The maximum absolute atomic E-state index is 13.4. The standard InChI is InChI=1S/C10H17FO3/c1-3-7-5-8(12)9(11)10(7)14-6-13-4-2/h5,8-10,12H,3-4,6H2,1-2H3/t8-,9?,10+/m1/s1. The monoisotopic (exact) mass is 204 g/mol. The summed E-state index contributed by atoms with van der Waals surface area (Å²) in [6.45, 7) is 4.37. The van der Waals surface area contributed by atoms with Gasteiger partial charge in [0, 0.05) is 6.61 Å². The Kier molecular flexibility index (Phi) is 4.51. The van der Waals surface area contributed by atoms with Crippen LogP contribution in [0, 0.1) is 0 Å². The van der Waals surface area contributed by atoms with Gasteiger partial charge in [-0.2, -0.15) is 0 Å². The molecule has 82 valence electrons. The van der Waals surface area contributed by atoms with Crippen molar-refractivity contribution in [2.75, 3.05) is 13.4 Å². The second-order valence-electron chi connectivity index (χ2n) is 3.23. The molecule has 0 heterocycles. The van der Waals surface area contributed by atoms with E-state index in [9.17, 15) is 9.50 Å². The molecule has 0 aromatic carbocycles. The molecule has 0 amide bonds. The van der Waals surface area contributed by atoms with Crippen LogP contribution in [0.2, 0.25) is 0 Å². The van der Waals surface area contributed by atoms with Crippen LogP contribution in [0.4, 0.5) is 4.39 Å². The first-order valence-electron chi connectivity index (χ1n) is 4.92. The van der Waals surface area contributed by atoms with Crippen LogP contribution in [0.25, 0.3) is 0 Å². The van der Waals surface area contributed by atoms with Crippen molar-refractivity contribution in [3.63, 3.8) is 0 Å². The molecule has 1 aliphatic rings. The smallest absolute Gasteiger partial charge is 0.159 e. The van der Waals surface area contributed by atoms with E-state index in [4.69, 9.17) is 9.47 Å². The molecule has 3 nitrogen and oxygen atoms in total. The molecule has 0 fully saturated rings. The van der Waals surface area contributed by atoms with Gasteiger partial charge in [-0.15, -0.1) is 0 Å². The van der Waals surface area contributed by atoms with Crippen LogP contribution in [0.15, 0.2) is 11.6 Å². The average molecular weight is 204 g/mol. The van der Waals surface area contributed by atoms with Crippen LogP contribution in [-0.2, 0) is 9.47 Å². The fourth-order valence-electron chi connectivity index (χ4n) is 1.51. The third kappa shape index (κ3) is 2.53. The molecule has 1 unspecified atom stereocenters. The van der Waals surface area contributed by atoms with Crippen molar-refractivity contribution >= 4 is 0 Å². The Morgan fingerprint density at radius 3 is 2.79 bits per heavy atom. The number of alkyl halides is 1. The molecule has 0 bridgehead atoms. The van der Waals surface area contributed by atoms with Gasteiger partial charge in [0.1, 0.15) is 19.0 Å². The summed E-state index contributed by atoms with van der Waals surface area (Å²) < 4.78 is 23.5. The molecule has 1 rings (SSSR count). The molecule has 0 spiro atoms. The minimum absolute atomic E-state index is 0.0750. The van der Waals surface area contributed by atoms with E-state index in [0.29, 0.717) is 13.0 Å². The average Bonchev–Trinajstić information content (AvgIpc) is 2.45. The largest absolute Gasteiger partial charge is 0.386 e. The first kappa shape index (κ1) is 11.6. The van der Waals surface area contributed by atoms with Gasteiger partial charge in [0.25, 0.3) is 0 Å². The lowest BCUT2D eigenvalue weighted by atomic mass is 10.1. The molecule has 0 saturated carbocycles. The first-order chi connectivity index (χ1) is 6.70. The summed E-state index contributed by atoms with van der Waals surface area (Å²) in [5.41, 5.74) is 0.810. The van der Waals surface area contributed by atoms with Gasteiger partial charge in [-0.3, -0.25) is 0 Å². The van der Waals surface area contributed by atoms with Crippen LogP contribution in [-0.4, -0.2) is 36.9 Å². The van der Waals surface area contributed by atoms with Crippen molar-refractivity contribution < 1.29 is 19.0 Å². The third-order valence-electron chi connectivity index (χ3n) is 2.31. The normalized spacial score (nSPS) is 32.0. The zero-order valence-corrected chi connectivity index (χ0v) is 8.57. The van der Waals surface area contributed by atoms with E-state index >= 15 is 0 Å². The maximum Gasteiger partial charge on any atom is 0.159 e.